The van der Waals surface area contributed by atoms with Gasteiger partial charge >= 0.3 is 0 Å². The van der Waals surface area contributed by atoms with Crippen molar-refractivity contribution >= 4 is 71.5 Å². The van der Waals surface area contributed by atoms with Crippen molar-refractivity contribution in [3.05, 3.63) is 273 Å². The van der Waals surface area contributed by atoms with Crippen molar-refractivity contribution in [1.82, 2.24) is 0 Å². The van der Waals surface area contributed by atoms with Crippen LogP contribution in [0.5, 0.6) is 0 Å². The molecule has 0 saturated heterocycles. The third kappa shape index (κ3) is 13.1. The van der Waals surface area contributed by atoms with Crippen molar-refractivity contribution in [1.29, 1.82) is 0 Å². The maximum Gasteiger partial charge on any atom is 0 e. The van der Waals surface area contributed by atoms with Gasteiger partial charge in [-0.05, 0) is 71.5 Å². The molecular formula is C54H45ClP3Rh-. The molecule has 0 bridgehead atoms. The molecule has 293 valence electrons. The maximum absolute atomic E-state index is 2.23. The molecule has 0 amide bonds. The van der Waals surface area contributed by atoms with E-state index in [1.807, 2.05) is 0 Å². The Labute approximate surface area is 373 Å². The van der Waals surface area contributed by atoms with Gasteiger partial charge in [-0.2, -0.15) is 0 Å². The minimum Gasteiger partial charge on any atom is -1.00 e. The molecule has 0 fully saturated rings. The van der Waals surface area contributed by atoms with E-state index in [1.54, 1.807) is 0 Å². The van der Waals surface area contributed by atoms with Crippen molar-refractivity contribution in [3.8, 4) is 0 Å². The first-order valence-electron chi connectivity index (χ1n) is 19.2. The molecule has 0 aliphatic rings. The van der Waals surface area contributed by atoms with Gasteiger partial charge in [-0.15, -0.1) is 0 Å². The van der Waals surface area contributed by atoms with Crippen molar-refractivity contribution in [2.75, 3.05) is 0 Å². The van der Waals surface area contributed by atoms with Crippen LogP contribution in [0.3, 0.4) is 0 Å². The maximum atomic E-state index is 2.23. The number of hydrogen-bond donors (Lipinski definition) is 0. The van der Waals surface area contributed by atoms with Gasteiger partial charge in [-0.25, -0.2) is 0 Å². The predicted molar refractivity (Wildman–Crippen MR) is 255 cm³/mol. The first-order valence-corrected chi connectivity index (χ1v) is 23.2. The molecule has 0 aliphatic carbocycles. The molecule has 5 heteroatoms. The van der Waals surface area contributed by atoms with E-state index in [4.69, 9.17) is 0 Å². The molecule has 0 unspecified atom stereocenters. The van der Waals surface area contributed by atoms with E-state index in [1.165, 1.54) is 47.7 Å². The van der Waals surface area contributed by atoms with Gasteiger partial charge in [0.05, 0.1) is 0 Å². The van der Waals surface area contributed by atoms with Gasteiger partial charge in [0.1, 0.15) is 0 Å². The molecule has 0 aliphatic heterocycles. The number of benzene rings is 9. The molecule has 0 aromatic heterocycles. The Kier molecular flexibility index (Phi) is 19.1. The van der Waals surface area contributed by atoms with Gasteiger partial charge in [-0.3, -0.25) is 0 Å². The molecule has 0 saturated carbocycles. The Balaban J connectivity index is 0.000000165. The molecule has 0 nitrogen and oxygen atoms in total. The normalized spacial score (nSPS) is 10.2. The summed E-state index contributed by atoms with van der Waals surface area (Å²) < 4.78 is 0. The van der Waals surface area contributed by atoms with Crippen LogP contribution < -0.4 is 60.1 Å². The fourth-order valence-electron chi connectivity index (χ4n) is 6.54. The SMILES string of the molecule is [Cl-].[Rh].c1ccc(P(c2ccccc2)c2ccccc2)cc1.c1ccc(P(c2ccccc2)c2ccccc2)cc1.c1ccc(P(c2ccccc2)c2ccccc2)cc1. The Morgan fingerprint density at radius 1 is 0.153 bits per heavy atom. The van der Waals surface area contributed by atoms with E-state index in [0.717, 1.165) is 0 Å². The van der Waals surface area contributed by atoms with Crippen LogP contribution in [0.15, 0.2) is 273 Å². The van der Waals surface area contributed by atoms with E-state index in [0.29, 0.717) is 0 Å². The van der Waals surface area contributed by atoms with Crippen molar-refractivity contribution in [3.63, 3.8) is 0 Å². The van der Waals surface area contributed by atoms with Crippen molar-refractivity contribution < 1.29 is 31.9 Å². The van der Waals surface area contributed by atoms with Crippen LogP contribution >= 0.6 is 23.8 Å². The fourth-order valence-corrected chi connectivity index (χ4v) is 13.5. The smallest absolute Gasteiger partial charge is 0 e. The van der Waals surface area contributed by atoms with Gasteiger partial charge in [0.15, 0.2) is 0 Å². The predicted octanol–water partition coefficient (Wildman–Crippen LogP) is 7.34. The monoisotopic (exact) mass is 924 g/mol. The van der Waals surface area contributed by atoms with E-state index in [-0.39, 0.29) is 31.9 Å². The summed E-state index contributed by atoms with van der Waals surface area (Å²) in [5.41, 5.74) is 0. The zero-order chi connectivity index (χ0) is 38.7. The Hall–Kier alpha value is -4.82. The summed E-state index contributed by atoms with van der Waals surface area (Å²) in [6, 6.07) is 97.0. The summed E-state index contributed by atoms with van der Waals surface area (Å²) in [5.74, 6) is 0. The van der Waals surface area contributed by atoms with Crippen LogP contribution in [-0.4, -0.2) is 0 Å². The number of hydrogen-bond acceptors (Lipinski definition) is 0. The standard InChI is InChI=1S/3C18H15P.ClH.Rh/c3*1-4-10-16(11-5-1)19(17-12-6-2-7-13-17)18-14-8-3-9-15-18;;/h3*1-15H;1H;/p-1. The molecule has 1 radical (unpaired) electrons. The zero-order valence-electron chi connectivity index (χ0n) is 32.5. The van der Waals surface area contributed by atoms with Gasteiger partial charge in [0.2, 0.25) is 0 Å². The van der Waals surface area contributed by atoms with Crippen LogP contribution in [0.25, 0.3) is 0 Å². The summed E-state index contributed by atoms with van der Waals surface area (Å²) in [5, 5.41) is 12.6. The van der Waals surface area contributed by atoms with E-state index < -0.39 is 23.8 Å². The first-order chi connectivity index (χ1) is 28.3. The third-order valence-corrected chi connectivity index (χ3v) is 16.5. The molecule has 9 aromatic rings. The van der Waals surface area contributed by atoms with Crippen LogP contribution in [0, 0.1) is 0 Å². The summed E-state index contributed by atoms with van der Waals surface area (Å²) >= 11 is 0. The molecule has 0 N–H and O–H groups in total. The molecular weight excluding hydrogens is 880 g/mol. The second kappa shape index (κ2) is 25.0. The Bertz CT molecular complexity index is 1870. The van der Waals surface area contributed by atoms with Gasteiger partial charge in [-0.1, -0.05) is 273 Å². The fraction of sp³-hybridized carbons (Fsp3) is 0. The summed E-state index contributed by atoms with van der Waals surface area (Å²) in [6.07, 6.45) is 0. The quantitative estimate of drug-likeness (QED) is 0.105. The zero-order valence-corrected chi connectivity index (χ0v) is 37.6. The van der Waals surface area contributed by atoms with Gasteiger partial charge in [0, 0.05) is 19.5 Å². The largest absolute Gasteiger partial charge is 1.00 e. The van der Waals surface area contributed by atoms with Crippen molar-refractivity contribution in [2.24, 2.45) is 0 Å². The third-order valence-electron chi connectivity index (χ3n) is 9.13. The van der Waals surface area contributed by atoms with Crippen LogP contribution in [0.2, 0.25) is 0 Å². The first kappa shape index (κ1) is 45.3. The van der Waals surface area contributed by atoms with E-state index in [9.17, 15) is 0 Å². The summed E-state index contributed by atoms with van der Waals surface area (Å²) in [6.45, 7) is 0. The molecule has 59 heavy (non-hydrogen) atoms. The van der Waals surface area contributed by atoms with Gasteiger partial charge < -0.3 is 12.4 Å². The average molecular weight is 925 g/mol. The van der Waals surface area contributed by atoms with E-state index in [2.05, 4.69) is 273 Å². The summed E-state index contributed by atoms with van der Waals surface area (Å²) in [4.78, 5) is 0. The van der Waals surface area contributed by atoms with Crippen LogP contribution in [0.1, 0.15) is 0 Å². The van der Waals surface area contributed by atoms with Crippen molar-refractivity contribution in [2.45, 2.75) is 0 Å². The van der Waals surface area contributed by atoms with Crippen LogP contribution in [0.4, 0.5) is 0 Å². The minimum atomic E-state index is -0.446. The Morgan fingerprint density at radius 2 is 0.237 bits per heavy atom. The van der Waals surface area contributed by atoms with Gasteiger partial charge in [0.25, 0.3) is 0 Å². The number of halogens is 1. The number of rotatable bonds is 9. The average Bonchev–Trinajstić information content (AvgIpc) is 3.30. The molecule has 0 atom stereocenters. The molecule has 0 heterocycles. The summed E-state index contributed by atoms with van der Waals surface area (Å²) in [7, 11) is -1.34. The van der Waals surface area contributed by atoms with E-state index >= 15 is 0 Å². The van der Waals surface area contributed by atoms with Crippen LogP contribution in [-0.2, 0) is 19.5 Å². The second-order valence-corrected chi connectivity index (χ2v) is 19.7. The molecule has 9 rings (SSSR count). The minimum absolute atomic E-state index is 0. The molecule has 0 spiro atoms. The molecule has 9 aromatic carbocycles. The topological polar surface area (TPSA) is 0 Å². The second-order valence-electron chi connectivity index (χ2n) is 13.0. The Morgan fingerprint density at radius 3 is 0.322 bits per heavy atom.